The summed E-state index contributed by atoms with van der Waals surface area (Å²) in [5, 5.41) is 9.77. The van der Waals surface area contributed by atoms with Crippen molar-refractivity contribution >= 4 is 5.69 Å². The van der Waals surface area contributed by atoms with Gasteiger partial charge in [0.1, 0.15) is 5.82 Å². The van der Waals surface area contributed by atoms with Gasteiger partial charge in [0.15, 0.2) is 0 Å². The highest BCUT2D eigenvalue weighted by Gasteiger charge is 2.26. The van der Waals surface area contributed by atoms with Crippen LogP contribution in [0.2, 0.25) is 0 Å². The van der Waals surface area contributed by atoms with Crippen molar-refractivity contribution < 1.29 is 14.2 Å². The molecular weight excluding hydrogens is 233 g/mol. The summed E-state index contributed by atoms with van der Waals surface area (Å²) < 4.78 is 19.7. The summed E-state index contributed by atoms with van der Waals surface area (Å²) in [6.45, 7) is 6.90. The summed E-state index contributed by atoms with van der Waals surface area (Å²) in [6, 6.07) is 4.84. The zero-order valence-corrected chi connectivity index (χ0v) is 11.1. The van der Waals surface area contributed by atoms with Crippen molar-refractivity contribution in [2.75, 3.05) is 18.0 Å². The van der Waals surface area contributed by atoms with Gasteiger partial charge in [0.05, 0.1) is 24.0 Å². The average Bonchev–Trinajstić information content (AvgIpc) is 2.26. The molecule has 3 atom stereocenters. The molecule has 1 N–H and O–H groups in total. The van der Waals surface area contributed by atoms with Gasteiger partial charge < -0.3 is 14.7 Å². The molecule has 2 rings (SSSR count). The number of aliphatic hydroxyl groups excluding tert-OH is 1. The molecule has 0 saturated carbocycles. The van der Waals surface area contributed by atoms with Gasteiger partial charge in [-0.2, -0.15) is 0 Å². The fraction of sp³-hybridized carbons (Fsp3) is 0.571. The van der Waals surface area contributed by atoms with E-state index in [1.165, 1.54) is 6.07 Å². The summed E-state index contributed by atoms with van der Waals surface area (Å²) in [6.07, 6.45) is -0.547. The maximum atomic E-state index is 14.1. The second-order valence-corrected chi connectivity index (χ2v) is 5.02. The number of benzene rings is 1. The van der Waals surface area contributed by atoms with Crippen molar-refractivity contribution in [3.63, 3.8) is 0 Å². The second kappa shape index (κ2) is 5.24. The number of anilines is 1. The lowest BCUT2D eigenvalue weighted by atomic mass is 10.1. The van der Waals surface area contributed by atoms with Crippen molar-refractivity contribution in [3.8, 4) is 0 Å². The minimum atomic E-state index is -0.677. The number of hydrogen-bond donors (Lipinski definition) is 1. The van der Waals surface area contributed by atoms with Crippen LogP contribution in [0.15, 0.2) is 18.2 Å². The van der Waals surface area contributed by atoms with E-state index in [9.17, 15) is 9.50 Å². The van der Waals surface area contributed by atoms with Crippen molar-refractivity contribution in [2.45, 2.75) is 39.1 Å². The minimum Gasteiger partial charge on any atom is -0.389 e. The lowest BCUT2D eigenvalue weighted by molar-refractivity contribution is -0.00556. The van der Waals surface area contributed by atoms with E-state index in [4.69, 9.17) is 4.74 Å². The number of morpholine rings is 1. The number of nitrogens with zero attached hydrogens (tertiary/aromatic N) is 1. The Balaban J connectivity index is 2.37. The quantitative estimate of drug-likeness (QED) is 0.879. The maximum Gasteiger partial charge on any atom is 0.146 e. The number of halogens is 1. The van der Waals surface area contributed by atoms with Gasteiger partial charge in [0.25, 0.3) is 0 Å². The van der Waals surface area contributed by atoms with E-state index in [1.54, 1.807) is 19.1 Å². The van der Waals surface area contributed by atoms with Crippen LogP contribution >= 0.6 is 0 Å². The van der Waals surface area contributed by atoms with Crippen LogP contribution in [0, 0.1) is 5.82 Å². The molecular formula is C14H20FNO2. The predicted molar refractivity (Wildman–Crippen MR) is 69.3 cm³/mol. The summed E-state index contributed by atoms with van der Waals surface area (Å²) in [5.74, 6) is -0.283. The number of ether oxygens (including phenoxy) is 1. The molecule has 0 aliphatic carbocycles. The third-order valence-corrected chi connectivity index (χ3v) is 3.20. The van der Waals surface area contributed by atoms with Crippen LogP contribution in [0.25, 0.3) is 0 Å². The molecule has 1 fully saturated rings. The van der Waals surface area contributed by atoms with Crippen molar-refractivity contribution in [1.29, 1.82) is 0 Å². The zero-order chi connectivity index (χ0) is 13.3. The molecule has 1 aliphatic heterocycles. The molecule has 0 aromatic heterocycles. The molecule has 100 valence electrons. The van der Waals surface area contributed by atoms with Gasteiger partial charge >= 0.3 is 0 Å². The first kappa shape index (κ1) is 13.3. The molecule has 1 aromatic carbocycles. The minimum absolute atomic E-state index is 0.0650. The van der Waals surface area contributed by atoms with E-state index in [2.05, 4.69) is 0 Å². The van der Waals surface area contributed by atoms with Gasteiger partial charge in [-0.1, -0.05) is 12.1 Å². The normalized spacial score (nSPS) is 26.2. The first-order chi connectivity index (χ1) is 8.49. The van der Waals surface area contributed by atoms with Crippen LogP contribution in [0.1, 0.15) is 32.4 Å². The fourth-order valence-corrected chi connectivity index (χ4v) is 2.56. The van der Waals surface area contributed by atoms with Crippen molar-refractivity contribution in [2.24, 2.45) is 0 Å². The molecule has 18 heavy (non-hydrogen) atoms. The molecule has 3 nitrogen and oxygen atoms in total. The van der Waals surface area contributed by atoms with E-state index in [1.807, 2.05) is 18.7 Å². The first-order valence-corrected chi connectivity index (χ1v) is 6.36. The predicted octanol–water partition coefficient (Wildman–Crippen LogP) is 2.49. The van der Waals surface area contributed by atoms with Gasteiger partial charge in [-0.25, -0.2) is 4.39 Å². The highest BCUT2D eigenvalue weighted by atomic mass is 19.1. The smallest absolute Gasteiger partial charge is 0.146 e. The Bertz CT molecular complexity index is 412. The molecule has 4 heteroatoms. The fourth-order valence-electron chi connectivity index (χ4n) is 2.56. The monoisotopic (exact) mass is 253 g/mol. The largest absolute Gasteiger partial charge is 0.389 e. The lowest BCUT2D eigenvalue weighted by Gasteiger charge is -2.38. The summed E-state index contributed by atoms with van der Waals surface area (Å²) in [4.78, 5) is 1.97. The molecule has 0 unspecified atom stereocenters. The average molecular weight is 253 g/mol. The van der Waals surface area contributed by atoms with E-state index in [0.29, 0.717) is 24.3 Å². The molecule has 0 radical (unpaired) electrons. The van der Waals surface area contributed by atoms with E-state index < -0.39 is 6.10 Å². The number of hydrogen-bond acceptors (Lipinski definition) is 3. The van der Waals surface area contributed by atoms with Crippen LogP contribution < -0.4 is 4.90 Å². The van der Waals surface area contributed by atoms with Crippen LogP contribution in [-0.2, 0) is 4.74 Å². The van der Waals surface area contributed by atoms with E-state index in [0.717, 1.165) is 0 Å². The Morgan fingerprint density at radius 3 is 2.50 bits per heavy atom. The van der Waals surface area contributed by atoms with Crippen molar-refractivity contribution in [3.05, 3.63) is 29.6 Å². The number of para-hydroxylation sites is 1. The zero-order valence-electron chi connectivity index (χ0n) is 11.1. The Kier molecular flexibility index (Phi) is 3.88. The van der Waals surface area contributed by atoms with Crippen LogP contribution in [0.3, 0.4) is 0 Å². The van der Waals surface area contributed by atoms with Crippen LogP contribution in [0.5, 0.6) is 0 Å². The molecule has 0 spiro atoms. The van der Waals surface area contributed by atoms with Gasteiger partial charge in [-0.15, -0.1) is 0 Å². The van der Waals surface area contributed by atoms with E-state index >= 15 is 0 Å². The van der Waals surface area contributed by atoms with Gasteiger partial charge in [0.2, 0.25) is 0 Å². The number of aliphatic hydroxyl groups is 1. The summed E-state index contributed by atoms with van der Waals surface area (Å²) >= 11 is 0. The van der Waals surface area contributed by atoms with Gasteiger partial charge in [0, 0.05) is 18.7 Å². The summed E-state index contributed by atoms with van der Waals surface area (Å²) in [5.41, 5.74) is 1.14. The molecule has 0 amide bonds. The number of rotatable bonds is 2. The molecule has 1 saturated heterocycles. The summed E-state index contributed by atoms with van der Waals surface area (Å²) in [7, 11) is 0. The van der Waals surface area contributed by atoms with Gasteiger partial charge in [-0.3, -0.25) is 0 Å². The molecule has 1 aromatic rings. The second-order valence-electron chi connectivity index (χ2n) is 5.02. The third kappa shape index (κ3) is 2.65. The standard InChI is InChI=1S/C14H20FNO2/c1-9-7-16(8-10(2)18-9)14-12(11(3)17)5-4-6-13(14)15/h4-6,9-11,17H,7-8H2,1-3H3/t9-,10+,11-/m1/s1. The van der Waals surface area contributed by atoms with E-state index in [-0.39, 0.29) is 18.0 Å². The topological polar surface area (TPSA) is 32.7 Å². The maximum absolute atomic E-state index is 14.1. The molecule has 1 aliphatic rings. The molecule has 0 bridgehead atoms. The Morgan fingerprint density at radius 2 is 1.94 bits per heavy atom. The third-order valence-electron chi connectivity index (χ3n) is 3.20. The Hall–Kier alpha value is -1.13. The highest BCUT2D eigenvalue weighted by molar-refractivity contribution is 5.56. The van der Waals surface area contributed by atoms with Gasteiger partial charge in [-0.05, 0) is 26.8 Å². The van der Waals surface area contributed by atoms with Crippen LogP contribution in [-0.4, -0.2) is 30.4 Å². The Labute approximate surface area is 107 Å². The lowest BCUT2D eigenvalue weighted by Crippen LogP contribution is -2.46. The van der Waals surface area contributed by atoms with Crippen molar-refractivity contribution in [1.82, 2.24) is 0 Å². The highest BCUT2D eigenvalue weighted by Crippen LogP contribution is 2.31. The first-order valence-electron chi connectivity index (χ1n) is 6.36. The molecule has 1 heterocycles. The SMILES string of the molecule is C[C@@H]1CN(c2c(F)cccc2[C@@H](C)O)C[C@H](C)O1. The van der Waals surface area contributed by atoms with Crippen LogP contribution in [0.4, 0.5) is 10.1 Å². The Morgan fingerprint density at radius 1 is 1.33 bits per heavy atom.